The SMILES string of the molecule is NCCc1ccc(C(=O)Nc2c(Br)cccc2Br)cc1. The fourth-order valence-electron chi connectivity index (χ4n) is 1.79. The highest BCUT2D eigenvalue weighted by molar-refractivity contribution is 9.11. The van der Waals surface area contributed by atoms with E-state index in [1.54, 1.807) is 0 Å². The van der Waals surface area contributed by atoms with Crippen molar-refractivity contribution in [2.45, 2.75) is 6.42 Å². The van der Waals surface area contributed by atoms with Gasteiger partial charge in [-0.1, -0.05) is 18.2 Å². The first kappa shape index (κ1) is 15.2. The number of nitrogens with one attached hydrogen (secondary N) is 1. The molecule has 3 nitrogen and oxygen atoms in total. The summed E-state index contributed by atoms with van der Waals surface area (Å²) in [5.74, 6) is -0.142. The second-order valence-corrected chi connectivity index (χ2v) is 6.00. The zero-order valence-electron chi connectivity index (χ0n) is 10.7. The van der Waals surface area contributed by atoms with Crippen LogP contribution in [0.25, 0.3) is 0 Å². The van der Waals surface area contributed by atoms with Gasteiger partial charge in [0.05, 0.1) is 5.69 Å². The quantitative estimate of drug-likeness (QED) is 0.820. The molecule has 0 aliphatic heterocycles. The number of amides is 1. The van der Waals surface area contributed by atoms with Crippen LogP contribution in [0, 0.1) is 0 Å². The second-order valence-electron chi connectivity index (χ2n) is 4.29. The molecule has 0 unspecified atom stereocenters. The molecule has 0 saturated carbocycles. The van der Waals surface area contributed by atoms with E-state index >= 15 is 0 Å². The lowest BCUT2D eigenvalue weighted by molar-refractivity contribution is 0.102. The van der Waals surface area contributed by atoms with Crippen LogP contribution >= 0.6 is 31.9 Å². The Morgan fingerprint density at radius 2 is 1.65 bits per heavy atom. The minimum atomic E-state index is -0.142. The van der Waals surface area contributed by atoms with Crippen molar-refractivity contribution in [2.75, 3.05) is 11.9 Å². The van der Waals surface area contributed by atoms with Gasteiger partial charge in [0.2, 0.25) is 0 Å². The molecule has 0 aliphatic carbocycles. The number of benzene rings is 2. The maximum absolute atomic E-state index is 12.2. The predicted octanol–water partition coefficient (Wildman–Crippen LogP) is 3.97. The van der Waals surface area contributed by atoms with Crippen molar-refractivity contribution in [1.29, 1.82) is 0 Å². The molecule has 104 valence electrons. The van der Waals surface area contributed by atoms with Crippen LogP contribution in [-0.2, 0) is 6.42 Å². The van der Waals surface area contributed by atoms with E-state index in [0.717, 1.165) is 26.6 Å². The first-order chi connectivity index (χ1) is 9.61. The van der Waals surface area contributed by atoms with Gasteiger partial charge in [-0.25, -0.2) is 0 Å². The zero-order valence-corrected chi connectivity index (χ0v) is 13.9. The van der Waals surface area contributed by atoms with Gasteiger partial charge in [0, 0.05) is 14.5 Å². The molecule has 2 aromatic carbocycles. The van der Waals surface area contributed by atoms with Gasteiger partial charge in [-0.15, -0.1) is 0 Å². The van der Waals surface area contributed by atoms with Crippen LogP contribution in [-0.4, -0.2) is 12.5 Å². The molecule has 0 bridgehead atoms. The van der Waals surface area contributed by atoms with Crippen LogP contribution in [0.5, 0.6) is 0 Å². The molecule has 0 saturated heterocycles. The number of rotatable bonds is 4. The van der Waals surface area contributed by atoms with Crippen molar-refractivity contribution in [3.05, 3.63) is 62.5 Å². The molecule has 0 aliphatic rings. The number of nitrogens with two attached hydrogens (primary N) is 1. The maximum Gasteiger partial charge on any atom is 0.255 e. The van der Waals surface area contributed by atoms with E-state index in [2.05, 4.69) is 37.2 Å². The molecule has 0 heterocycles. The molecule has 0 aromatic heterocycles. The molecule has 0 atom stereocenters. The number of hydrogen-bond acceptors (Lipinski definition) is 2. The number of halogens is 2. The molecule has 0 radical (unpaired) electrons. The van der Waals surface area contributed by atoms with Crippen molar-refractivity contribution < 1.29 is 4.79 Å². The molecule has 2 rings (SSSR count). The fraction of sp³-hybridized carbons (Fsp3) is 0.133. The lowest BCUT2D eigenvalue weighted by atomic mass is 10.1. The number of carbonyl (C=O) groups excluding carboxylic acids is 1. The van der Waals surface area contributed by atoms with Gasteiger partial charge >= 0.3 is 0 Å². The van der Waals surface area contributed by atoms with E-state index in [-0.39, 0.29) is 5.91 Å². The molecule has 1 amide bonds. The second kappa shape index (κ2) is 7.02. The van der Waals surface area contributed by atoms with Gasteiger partial charge < -0.3 is 11.1 Å². The summed E-state index contributed by atoms with van der Waals surface area (Å²) in [5, 5.41) is 2.89. The topological polar surface area (TPSA) is 55.1 Å². The number of para-hydroxylation sites is 1. The van der Waals surface area contributed by atoms with Crippen LogP contribution in [0.3, 0.4) is 0 Å². The van der Waals surface area contributed by atoms with Crippen molar-refractivity contribution in [3.8, 4) is 0 Å². The summed E-state index contributed by atoms with van der Waals surface area (Å²) in [5.41, 5.74) is 7.98. The normalized spacial score (nSPS) is 10.3. The minimum Gasteiger partial charge on any atom is -0.330 e. The third kappa shape index (κ3) is 3.69. The average Bonchev–Trinajstić information content (AvgIpc) is 2.44. The number of hydrogen-bond donors (Lipinski definition) is 2. The molecular weight excluding hydrogens is 384 g/mol. The smallest absolute Gasteiger partial charge is 0.255 e. The van der Waals surface area contributed by atoms with Crippen LogP contribution in [0.2, 0.25) is 0 Å². The van der Waals surface area contributed by atoms with Gasteiger partial charge in [-0.3, -0.25) is 4.79 Å². The predicted molar refractivity (Wildman–Crippen MR) is 89.0 cm³/mol. The van der Waals surface area contributed by atoms with E-state index < -0.39 is 0 Å². The highest BCUT2D eigenvalue weighted by Crippen LogP contribution is 2.30. The molecule has 3 N–H and O–H groups in total. The first-order valence-corrected chi connectivity index (χ1v) is 7.75. The Morgan fingerprint density at radius 1 is 1.05 bits per heavy atom. The van der Waals surface area contributed by atoms with Crippen LogP contribution in [0.4, 0.5) is 5.69 Å². The van der Waals surface area contributed by atoms with Crippen LogP contribution in [0.15, 0.2) is 51.4 Å². The highest BCUT2D eigenvalue weighted by atomic mass is 79.9. The Balaban J connectivity index is 2.16. The van der Waals surface area contributed by atoms with Gasteiger partial charge in [-0.2, -0.15) is 0 Å². The summed E-state index contributed by atoms with van der Waals surface area (Å²) in [4.78, 5) is 12.2. The standard InChI is InChI=1S/C15H14Br2N2O/c16-12-2-1-3-13(17)14(12)19-15(20)11-6-4-10(5-7-11)8-9-18/h1-7H,8-9,18H2,(H,19,20). The summed E-state index contributed by atoms with van der Waals surface area (Å²) in [7, 11) is 0. The van der Waals surface area contributed by atoms with E-state index in [1.807, 2.05) is 42.5 Å². The molecule has 0 spiro atoms. The Kier molecular flexibility index (Phi) is 5.34. The summed E-state index contributed by atoms with van der Waals surface area (Å²) in [6, 6.07) is 13.1. The van der Waals surface area contributed by atoms with Crippen LogP contribution < -0.4 is 11.1 Å². The fourth-order valence-corrected chi connectivity index (χ4v) is 2.99. The average molecular weight is 398 g/mol. The van der Waals surface area contributed by atoms with Gasteiger partial charge in [-0.05, 0) is 74.7 Å². The Bertz CT molecular complexity index is 592. The van der Waals surface area contributed by atoms with Crippen molar-refractivity contribution in [2.24, 2.45) is 5.73 Å². The summed E-state index contributed by atoms with van der Waals surface area (Å²) in [6.45, 7) is 0.607. The third-order valence-electron chi connectivity index (χ3n) is 2.85. The monoisotopic (exact) mass is 396 g/mol. The number of carbonyl (C=O) groups is 1. The van der Waals surface area contributed by atoms with Gasteiger partial charge in [0.1, 0.15) is 0 Å². The maximum atomic E-state index is 12.2. The third-order valence-corrected chi connectivity index (χ3v) is 4.17. The van der Waals surface area contributed by atoms with Crippen LogP contribution in [0.1, 0.15) is 15.9 Å². The van der Waals surface area contributed by atoms with Crippen molar-refractivity contribution in [1.82, 2.24) is 0 Å². The molecule has 0 fully saturated rings. The highest BCUT2D eigenvalue weighted by Gasteiger charge is 2.10. The van der Waals surface area contributed by atoms with Gasteiger partial charge in [0.25, 0.3) is 5.91 Å². The largest absolute Gasteiger partial charge is 0.330 e. The minimum absolute atomic E-state index is 0.142. The number of anilines is 1. The molecule has 20 heavy (non-hydrogen) atoms. The van der Waals surface area contributed by atoms with E-state index in [9.17, 15) is 4.79 Å². The molecule has 5 heteroatoms. The summed E-state index contributed by atoms with van der Waals surface area (Å²) in [6.07, 6.45) is 0.817. The molecule has 2 aromatic rings. The van der Waals surface area contributed by atoms with E-state index in [0.29, 0.717) is 12.1 Å². The lowest BCUT2D eigenvalue weighted by Crippen LogP contribution is -2.13. The van der Waals surface area contributed by atoms with E-state index in [4.69, 9.17) is 5.73 Å². The zero-order chi connectivity index (χ0) is 14.5. The Morgan fingerprint density at radius 3 is 2.20 bits per heavy atom. The van der Waals surface area contributed by atoms with Crippen molar-refractivity contribution >= 4 is 43.5 Å². The first-order valence-electron chi connectivity index (χ1n) is 6.16. The van der Waals surface area contributed by atoms with Crippen molar-refractivity contribution in [3.63, 3.8) is 0 Å². The summed E-state index contributed by atoms with van der Waals surface area (Å²) < 4.78 is 1.67. The van der Waals surface area contributed by atoms with E-state index in [1.165, 1.54) is 0 Å². The van der Waals surface area contributed by atoms with Gasteiger partial charge in [0.15, 0.2) is 0 Å². The summed E-state index contributed by atoms with van der Waals surface area (Å²) >= 11 is 6.84. The molecular formula is C15H14Br2N2O. The Labute approximate surface area is 134 Å². The Hall–Kier alpha value is -1.17. The lowest BCUT2D eigenvalue weighted by Gasteiger charge is -2.10.